The molecule has 0 bridgehead atoms. The first-order valence-electron chi connectivity index (χ1n) is 5.05. The van der Waals surface area contributed by atoms with Gasteiger partial charge in [-0.1, -0.05) is 34.2 Å². The molecule has 7 nitrogen and oxygen atoms in total. The second-order valence-electron chi connectivity index (χ2n) is 3.83. The van der Waals surface area contributed by atoms with Crippen LogP contribution in [0.4, 0.5) is 0 Å². The van der Waals surface area contributed by atoms with Gasteiger partial charge < -0.3 is 14.9 Å². The van der Waals surface area contributed by atoms with E-state index in [-0.39, 0.29) is 15.6 Å². The van der Waals surface area contributed by atoms with E-state index in [0.717, 1.165) is 10.8 Å². The van der Waals surface area contributed by atoms with Crippen LogP contribution in [0.25, 0.3) is 0 Å². The molecule has 0 unspecified atom stereocenters. The van der Waals surface area contributed by atoms with Crippen LogP contribution in [0.5, 0.6) is 0 Å². The summed E-state index contributed by atoms with van der Waals surface area (Å²) in [5.74, 6) is 0. The average molecular weight is 389 g/mol. The average Bonchev–Trinajstić information content (AvgIpc) is 2.61. The molecule has 2 rings (SSSR count). The third-order valence-corrected chi connectivity index (χ3v) is 4.47. The number of H-pyrrole nitrogens is 1. The molecule has 1 aliphatic rings. The normalized spacial score (nSPS) is 31.8. The quantitative estimate of drug-likeness (QED) is 0.457. The SMILES string of the molecule is O=c1[nH]c(=O)n([C@@H]2O[C@H](CO)[C@@H](I)[C@H]2O)cc1Cl. The molecule has 1 aromatic rings. The molecule has 4 atom stereocenters. The predicted molar refractivity (Wildman–Crippen MR) is 71.1 cm³/mol. The first-order chi connectivity index (χ1) is 8.45. The molecule has 2 heterocycles. The molecule has 100 valence electrons. The third kappa shape index (κ3) is 2.35. The number of aromatic amines is 1. The van der Waals surface area contributed by atoms with E-state index in [1.54, 1.807) is 0 Å². The summed E-state index contributed by atoms with van der Waals surface area (Å²) in [6.45, 7) is -0.271. The fourth-order valence-corrected chi connectivity index (χ4v) is 2.64. The van der Waals surface area contributed by atoms with Gasteiger partial charge in [0.1, 0.15) is 11.1 Å². The third-order valence-electron chi connectivity index (χ3n) is 2.67. The number of aromatic nitrogens is 2. The minimum absolute atomic E-state index is 0.178. The lowest BCUT2D eigenvalue weighted by Gasteiger charge is -2.17. The molecule has 0 aliphatic carbocycles. The van der Waals surface area contributed by atoms with Crippen molar-refractivity contribution in [3.63, 3.8) is 0 Å². The summed E-state index contributed by atoms with van der Waals surface area (Å²) in [5, 5.41) is 18.9. The van der Waals surface area contributed by atoms with Gasteiger partial charge in [0.2, 0.25) is 0 Å². The zero-order chi connectivity index (χ0) is 13.4. The van der Waals surface area contributed by atoms with Gasteiger partial charge in [-0.3, -0.25) is 14.3 Å². The molecule has 1 fully saturated rings. The lowest BCUT2D eigenvalue weighted by molar-refractivity contribution is -0.0529. The van der Waals surface area contributed by atoms with Crippen LogP contribution in [0.15, 0.2) is 15.8 Å². The molecule has 1 saturated heterocycles. The summed E-state index contributed by atoms with van der Waals surface area (Å²) in [7, 11) is 0. The van der Waals surface area contributed by atoms with Crippen LogP contribution in [0.3, 0.4) is 0 Å². The molecule has 0 saturated carbocycles. The molecule has 1 aliphatic heterocycles. The number of halogens is 2. The van der Waals surface area contributed by atoms with Gasteiger partial charge in [-0.25, -0.2) is 4.79 Å². The fraction of sp³-hybridized carbons (Fsp3) is 0.556. The summed E-state index contributed by atoms with van der Waals surface area (Å²) < 4.78 is 6.02. The smallest absolute Gasteiger partial charge is 0.330 e. The molecular weight excluding hydrogens is 378 g/mol. The Bertz CT molecular complexity index is 559. The molecule has 0 amide bonds. The Morgan fingerprint density at radius 2 is 2.22 bits per heavy atom. The van der Waals surface area contributed by atoms with Gasteiger partial charge in [0.25, 0.3) is 5.56 Å². The number of aliphatic hydroxyl groups is 2. The first kappa shape index (κ1) is 14.0. The first-order valence-corrected chi connectivity index (χ1v) is 6.67. The Hall–Kier alpha value is -0.420. The van der Waals surface area contributed by atoms with Gasteiger partial charge in [-0.2, -0.15) is 0 Å². The Balaban J connectivity index is 2.42. The largest absolute Gasteiger partial charge is 0.394 e. The fourth-order valence-electron chi connectivity index (χ4n) is 1.74. The maximum atomic E-state index is 11.6. The van der Waals surface area contributed by atoms with Gasteiger partial charge >= 0.3 is 5.69 Å². The number of hydrogen-bond acceptors (Lipinski definition) is 5. The highest BCUT2D eigenvalue weighted by molar-refractivity contribution is 14.1. The number of rotatable bonds is 2. The van der Waals surface area contributed by atoms with Crippen molar-refractivity contribution in [1.82, 2.24) is 9.55 Å². The monoisotopic (exact) mass is 388 g/mol. The second-order valence-corrected chi connectivity index (χ2v) is 5.67. The van der Waals surface area contributed by atoms with E-state index in [1.807, 2.05) is 27.6 Å². The zero-order valence-electron chi connectivity index (χ0n) is 8.92. The van der Waals surface area contributed by atoms with Gasteiger partial charge in [0, 0.05) is 6.20 Å². The van der Waals surface area contributed by atoms with E-state index < -0.39 is 29.7 Å². The van der Waals surface area contributed by atoms with Crippen LogP contribution in [0.1, 0.15) is 6.23 Å². The van der Waals surface area contributed by atoms with Crippen molar-refractivity contribution in [1.29, 1.82) is 0 Å². The van der Waals surface area contributed by atoms with Gasteiger partial charge in [0.05, 0.1) is 16.6 Å². The number of aliphatic hydroxyl groups excluding tert-OH is 2. The summed E-state index contributed by atoms with van der Waals surface area (Å²) in [5.41, 5.74) is -1.43. The topological polar surface area (TPSA) is 105 Å². The molecule has 0 radical (unpaired) electrons. The van der Waals surface area contributed by atoms with Crippen LogP contribution >= 0.6 is 34.2 Å². The molecule has 3 N–H and O–H groups in total. The molecule has 1 aromatic heterocycles. The maximum absolute atomic E-state index is 11.6. The number of nitrogens with one attached hydrogen (secondary N) is 1. The Labute approximate surface area is 119 Å². The van der Waals surface area contributed by atoms with Crippen molar-refractivity contribution in [2.75, 3.05) is 6.61 Å². The highest BCUT2D eigenvalue weighted by Gasteiger charge is 2.43. The zero-order valence-corrected chi connectivity index (χ0v) is 11.8. The van der Waals surface area contributed by atoms with Crippen molar-refractivity contribution in [2.24, 2.45) is 0 Å². The highest BCUT2D eigenvalue weighted by atomic mass is 127. The molecule has 18 heavy (non-hydrogen) atoms. The van der Waals surface area contributed by atoms with Crippen LogP contribution in [0.2, 0.25) is 5.02 Å². The number of alkyl halides is 1. The maximum Gasteiger partial charge on any atom is 0.330 e. The van der Waals surface area contributed by atoms with Crippen LogP contribution < -0.4 is 11.2 Å². The van der Waals surface area contributed by atoms with Crippen LogP contribution in [-0.2, 0) is 4.74 Å². The van der Waals surface area contributed by atoms with Gasteiger partial charge in [0.15, 0.2) is 6.23 Å². The number of hydrogen-bond donors (Lipinski definition) is 3. The summed E-state index contributed by atoms with van der Waals surface area (Å²) in [6, 6.07) is 0. The van der Waals surface area contributed by atoms with Crippen LogP contribution in [0, 0.1) is 0 Å². The minimum atomic E-state index is -0.984. The standard InChI is InChI=1S/C9H10ClIN2O5/c10-3-1-13(9(17)12-7(3)16)8-6(15)5(11)4(2-14)18-8/h1,4-6,8,14-15H,2H2,(H,12,16,17)/t4-,5-,6-,8-/m1/s1. The summed E-state index contributed by atoms with van der Waals surface area (Å²) in [4.78, 5) is 24.8. The Kier molecular flexibility index (Phi) is 4.11. The highest BCUT2D eigenvalue weighted by Crippen LogP contribution is 2.33. The van der Waals surface area contributed by atoms with Gasteiger partial charge in [-0.15, -0.1) is 0 Å². The van der Waals surface area contributed by atoms with Crippen molar-refractivity contribution in [3.8, 4) is 0 Å². The van der Waals surface area contributed by atoms with E-state index in [2.05, 4.69) is 0 Å². The van der Waals surface area contributed by atoms with Crippen molar-refractivity contribution in [3.05, 3.63) is 32.1 Å². The van der Waals surface area contributed by atoms with Crippen LogP contribution in [-0.4, -0.2) is 42.5 Å². The molecular formula is C9H10ClIN2O5. The number of ether oxygens (including phenoxy) is 1. The predicted octanol–water partition coefficient (Wildman–Crippen LogP) is -0.756. The van der Waals surface area contributed by atoms with Crippen molar-refractivity contribution >= 4 is 34.2 Å². The summed E-state index contributed by atoms with van der Waals surface area (Å²) in [6.07, 6.45) is -1.43. The number of nitrogens with zero attached hydrogens (tertiary/aromatic N) is 1. The Morgan fingerprint density at radius 3 is 2.78 bits per heavy atom. The lowest BCUT2D eigenvalue weighted by atomic mass is 10.2. The lowest BCUT2D eigenvalue weighted by Crippen LogP contribution is -2.36. The molecule has 9 heteroatoms. The molecule has 0 spiro atoms. The minimum Gasteiger partial charge on any atom is -0.394 e. The van der Waals surface area contributed by atoms with E-state index in [4.69, 9.17) is 21.4 Å². The molecule has 0 aromatic carbocycles. The Morgan fingerprint density at radius 1 is 1.56 bits per heavy atom. The van der Waals surface area contributed by atoms with E-state index in [1.165, 1.54) is 0 Å². The second kappa shape index (κ2) is 5.29. The van der Waals surface area contributed by atoms with Gasteiger partial charge in [-0.05, 0) is 0 Å². The van der Waals surface area contributed by atoms with E-state index >= 15 is 0 Å². The summed E-state index contributed by atoms with van der Waals surface area (Å²) >= 11 is 7.56. The van der Waals surface area contributed by atoms with E-state index in [0.29, 0.717) is 0 Å². The van der Waals surface area contributed by atoms with Crippen molar-refractivity contribution < 1.29 is 14.9 Å². The van der Waals surface area contributed by atoms with E-state index in [9.17, 15) is 14.7 Å². The van der Waals surface area contributed by atoms with Crippen molar-refractivity contribution in [2.45, 2.75) is 22.4 Å².